The first-order chi connectivity index (χ1) is 14.3. The van der Waals surface area contributed by atoms with E-state index in [2.05, 4.69) is 4.98 Å². The van der Waals surface area contributed by atoms with Crippen LogP contribution in [-0.2, 0) is 17.8 Å². The minimum absolute atomic E-state index is 0.0628. The molecule has 0 aliphatic rings. The first kappa shape index (κ1) is 21.4. The highest BCUT2D eigenvalue weighted by atomic mass is 35.5. The highest BCUT2D eigenvalue weighted by Crippen LogP contribution is 2.19. The number of carboxylic acid groups (broad SMARTS) is 1. The van der Waals surface area contributed by atoms with Crippen LogP contribution in [0.1, 0.15) is 27.2 Å². The maximum atomic E-state index is 13.4. The number of halogens is 3. The van der Waals surface area contributed by atoms with Crippen molar-refractivity contribution in [1.82, 2.24) is 9.88 Å². The number of carboxylic acids is 1. The lowest BCUT2D eigenvalue weighted by atomic mass is 10.1. The number of nitrogens with zero attached hydrogens (tertiary/aromatic N) is 2. The molecule has 5 nitrogen and oxygen atoms in total. The third-order valence-electron chi connectivity index (χ3n) is 4.31. The van der Waals surface area contributed by atoms with Crippen LogP contribution in [-0.4, -0.2) is 33.4 Å². The van der Waals surface area contributed by atoms with E-state index in [4.69, 9.17) is 11.6 Å². The van der Waals surface area contributed by atoms with Gasteiger partial charge in [0.05, 0.1) is 5.02 Å². The molecule has 0 radical (unpaired) electrons. The summed E-state index contributed by atoms with van der Waals surface area (Å²) in [4.78, 5) is 29.6. The van der Waals surface area contributed by atoms with E-state index in [0.29, 0.717) is 23.2 Å². The van der Waals surface area contributed by atoms with Crippen LogP contribution in [0.15, 0.2) is 60.8 Å². The third-order valence-corrected chi connectivity index (χ3v) is 4.60. The van der Waals surface area contributed by atoms with E-state index in [1.807, 2.05) is 0 Å². The van der Waals surface area contributed by atoms with Gasteiger partial charge in [0.2, 0.25) is 0 Å². The van der Waals surface area contributed by atoms with Gasteiger partial charge in [-0.25, -0.2) is 8.78 Å². The van der Waals surface area contributed by atoms with E-state index in [1.54, 1.807) is 18.2 Å². The van der Waals surface area contributed by atoms with Crippen molar-refractivity contribution in [2.45, 2.75) is 13.0 Å². The fourth-order valence-electron chi connectivity index (χ4n) is 2.97. The molecule has 30 heavy (non-hydrogen) atoms. The lowest BCUT2D eigenvalue weighted by Gasteiger charge is -2.21. The Labute approximate surface area is 176 Å². The van der Waals surface area contributed by atoms with Crippen LogP contribution in [0.25, 0.3) is 0 Å². The lowest BCUT2D eigenvalue weighted by molar-refractivity contribution is -0.137. The Morgan fingerprint density at radius 1 is 1.03 bits per heavy atom. The Balaban J connectivity index is 1.83. The Hall–Kier alpha value is -3.32. The number of aromatic nitrogens is 1. The van der Waals surface area contributed by atoms with Crippen molar-refractivity contribution in [3.05, 3.63) is 99.8 Å². The van der Waals surface area contributed by atoms with Gasteiger partial charge in [-0.15, -0.1) is 0 Å². The van der Waals surface area contributed by atoms with Crippen molar-refractivity contribution in [2.75, 3.05) is 6.54 Å². The second kappa shape index (κ2) is 9.45. The summed E-state index contributed by atoms with van der Waals surface area (Å²) >= 11 is 5.78. The van der Waals surface area contributed by atoms with Crippen LogP contribution < -0.4 is 0 Å². The van der Waals surface area contributed by atoms with Gasteiger partial charge in [0.15, 0.2) is 0 Å². The average molecular weight is 431 g/mol. The molecule has 0 spiro atoms. The van der Waals surface area contributed by atoms with Gasteiger partial charge in [0.25, 0.3) is 5.91 Å². The molecule has 0 aliphatic carbocycles. The van der Waals surface area contributed by atoms with Crippen LogP contribution in [0, 0.1) is 11.6 Å². The van der Waals surface area contributed by atoms with E-state index >= 15 is 0 Å². The van der Waals surface area contributed by atoms with Crippen LogP contribution in [0.5, 0.6) is 0 Å². The molecule has 0 atom stereocenters. The number of hydrogen-bond donors (Lipinski definition) is 1. The van der Waals surface area contributed by atoms with Crippen molar-refractivity contribution in [3.8, 4) is 0 Å². The van der Waals surface area contributed by atoms with Crippen molar-refractivity contribution >= 4 is 23.5 Å². The average Bonchev–Trinajstić information content (AvgIpc) is 2.69. The zero-order valence-electron chi connectivity index (χ0n) is 15.7. The Morgan fingerprint density at radius 3 is 2.53 bits per heavy atom. The number of amides is 1. The zero-order chi connectivity index (χ0) is 21.7. The summed E-state index contributed by atoms with van der Waals surface area (Å²) in [6.45, 7) is -0.609. The molecule has 0 bridgehead atoms. The monoisotopic (exact) mass is 430 g/mol. The van der Waals surface area contributed by atoms with E-state index < -0.39 is 24.2 Å². The Bertz CT molecular complexity index is 1090. The van der Waals surface area contributed by atoms with E-state index in [-0.39, 0.29) is 22.9 Å². The van der Waals surface area contributed by atoms with Gasteiger partial charge in [-0.05, 0) is 47.5 Å². The first-order valence-electron chi connectivity index (χ1n) is 8.96. The fraction of sp³-hybridized carbons (Fsp3) is 0.136. The number of benzene rings is 2. The molecule has 3 rings (SSSR count). The number of carbonyl (C=O) groups is 2. The number of pyridine rings is 1. The van der Waals surface area contributed by atoms with E-state index in [0.717, 1.165) is 11.0 Å². The number of carbonyl (C=O) groups excluding carboxylic acids is 1. The minimum Gasteiger partial charge on any atom is -0.480 e. The summed E-state index contributed by atoms with van der Waals surface area (Å²) in [5.41, 5.74) is 1.96. The molecule has 3 aromatic rings. The predicted octanol–water partition coefficient (Wildman–Crippen LogP) is 4.33. The molecule has 0 saturated carbocycles. The topological polar surface area (TPSA) is 70.5 Å². The molecule has 8 heteroatoms. The normalized spacial score (nSPS) is 10.6. The highest BCUT2D eigenvalue weighted by molar-refractivity contribution is 6.30. The number of hydrogen-bond acceptors (Lipinski definition) is 3. The summed E-state index contributed by atoms with van der Waals surface area (Å²) in [5, 5.41) is 9.09. The van der Waals surface area contributed by atoms with Gasteiger partial charge >= 0.3 is 5.97 Å². The minimum atomic E-state index is -1.19. The summed E-state index contributed by atoms with van der Waals surface area (Å²) in [5.74, 6) is -2.69. The lowest BCUT2D eigenvalue weighted by Crippen LogP contribution is -2.35. The molecule has 2 aromatic carbocycles. The van der Waals surface area contributed by atoms with E-state index in [1.165, 1.54) is 36.5 Å². The summed E-state index contributed by atoms with van der Waals surface area (Å²) < 4.78 is 26.8. The van der Waals surface area contributed by atoms with Crippen molar-refractivity contribution < 1.29 is 23.5 Å². The second-order valence-corrected chi connectivity index (χ2v) is 7.05. The molecular weight excluding hydrogens is 414 g/mol. The van der Waals surface area contributed by atoms with Gasteiger partial charge in [-0.1, -0.05) is 29.8 Å². The third kappa shape index (κ3) is 5.61. The quantitative estimate of drug-likeness (QED) is 0.605. The molecule has 0 fully saturated rings. The van der Waals surface area contributed by atoms with Crippen molar-refractivity contribution in [1.29, 1.82) is 0 Å². The van der Waals surface area contributed by atoms with Gasteiger partial charge in [0, 0.05) is 30.4 Å². The standard InChI is InChI=1S/C22H17ClF2N2O3/c23-19-10-15(4-5-20(19)25)12-27(13-21(28)29)22(30)16-6-7-26-18(11-16)9-14-2-1-3-17(24)8-14/h1-8,10-11H,9,12-13H2,(H,28,29). The second-order valence-electron chi connectivity index (χ2n) is 6.65. The maximum Gasteiger partial charge on any atom is 0.323 e. The van der Waals surface area contributed by atoms with E-state index in [9.17, 15) is 23.5 Å². The molecular formula is C22H17ClF2N2O3. The van der Waals surface area contributed by atoms with Gasteiger partial charge in [0.1, 0.15) is 18.2 Å². The zero-order valence-corrected chi connectivity index (χ0v) is 16.4. The largest absolute Gasteiger partial charge is 0.480 e. The summed E-state index contributed by atoms with van der Waals surface area (Å²) in [6.07, 6.45) is 1.75. The van der Waals surface area contributed by atoms with Crippen LogP contribution in [0.2, 0.25) is 5.02 Å². The highest BCUT2D eigenvalue weighted by Gasteiger charge is 2.20. The maximum absolute atomic E-state index is 13.4. The SMILES string of the molecule is O=C(O)CN(Cc1ccc(F)c(Cl)c1)C(=O)c1ccnc(Cc2cccc(F)c2)c1. The molecule has 1 amide bonds. The first-order valence-corrected chi connectivity index (χ1v) is 9.34. The van der Waals surface area contributed by atoms with Crippen LogP contribution >= 0.6 is 11.6 Å². The Kier molecular flexibility index (Phi) is 6.74. The molecule has 1 aromatic heterocycles. The van der Waals surface area contributed by atoms with Gasteiger partial charge < -0.3 is 10.0 Å². The number of rotatable bonds is 7. The fourth-order valence-corrected chi connectivity index (χ4v) is 3.17. The molecule has 154 valence electrons. The molecule has 0 aliphatic heterocycles. The Morgan fingerprint density at radius 2 is 1.83 bits per heavy atom. The van der Waals surface area contributed by atoms with Crippen molar-refractivity contribution in [2.24, 2.45) is 0 Å². The van der Waals surface area contributed by atoms with Crippen molar-refractivity contribution in [3.63, 3.8) is 0 Å². The summed E-state index contributed by atoms with van der Waals surface area (Å²) in [6, 6.07) is 13.0. The molecule has 1 heterocycles. The van der Waals surface area contributed by atoms with Gasteiger partial charge in [-0.3, -0.25) is 14.6 Å². The molecule has 0 saturated heterocycles. The predicted molar refractivity (Wildman–Crippen MR) is 107 cm³/mol. The van der Waals surface area contributed by atoms with Crippen LogP contribution in [0.4, 0.5) is 8.78 Å². The number of aliphatic carboxylic acids is 1. The van der Waals surface area contributed by atoms with Gasteiger partial charge in [-0.2, -0.15) is 0 Å². The smallest absolute Gasteiger partial charge is 0.323 e. The molecule has 1 N–H and O–H groups in total. The van der Waals surface area contributed by atoms with Crippen LogP contribution in [0.3, 0.4) is 0 Å². The molecule has 0 unspecified atom stereocenters. The summed E-state index contributed by atoms with van der Waals surface area (Å²) in [7, 11) is 0.